The standard InChI is InChI=1S/C14H15NO8S2/c1-8(17)15-10-3-2-9-6-12(25(21,22)23)14(13(18)11(9)7-10)24(19,20)5-4-16/h2-3,6-7,16,18H,4-5H2,1H3,(H,15,17)(H,21,22,23). The van der Waals surface area contributed by atoms with Gasteiger partial charge < -0.3 is 15.5 Å². The summed E-state index contributed by atoms with van der Waals surface area (Å²) >= 11 is 0. The summed E-state index contributed by atoms with van der Waals surface area (Å²) < 4.78 is 57.0. The van der Waals surface area contributed by atoms with Crippen LogP contribution in [0.25, 0.3) is 10.8 Å². The van der Waals surface area contributed by atoms with Crippen LogP contribution in [0.4, 0.5) is 5.69 Å². The molecule has 11 heteroatoms. The predicted octanol–water partition coefficient (Wildman–Crippen LogP) is 0.516. The average molecular weight is 389 g/mol. The van der Waals surface area contributed by atoms with E-state index in [0.29, 0.717) is 0 Å². The molecule has 0 heterocycles. The molecule has 9 nitrogen and oxygen atoms in total. The number of phenols is 1. The van der Waals surface area contributed by atoms with Crippen molar-refractivity contribution in [3.63, 3.8) is 0 Å². The van der Waals surface area contributed by atoms with Crippen LogP contribution in [-0.4, -0.2) is 49.9 Å². The fourth-order valence-corrected chi connectivity index (χ4v) is 4.85. The summed E-state index contributed by atoms with van der Waals surface area (Å²) in [5.41, 5.74) is 0.250. The molecule has 0 aromatic heterocycles. The molecule has 0 fully saturated rings. The number of hydrogen-bond acceptors (Lipinski definition) is 7. The molecule has 0 saturated carbocycles. The molecule has 0 bridgehead atoms. The van der Waals surface area contributed by atoms with Crippen LogP contribution in [0.5, 0.6) is 5.75 Å². The normalized spacial score (nSPS) is 12.3. The number of phenolic OH excluding ortho intramolecular Hbond substituents is 1. The predicted molar refractivity (Wildman–Crippen MR) is 88.9 cm³/mol. The Morgan fingerprint density at radius 1 is 1.16 bits per heavy atom. The van der Waals surface area contributed by atoms with Crippen LogP contribution < -0.4 is 5.32 Å². The van der Waals surface area contributed by atoms with Crippen molar-refractivity contribution in [3.05, 3.63) is 24.3 Å². The van der Waals surface area contributed by atoms with Crippen molar-refractivity contribution in [1.29, 1.82) is 0 Å². The van der Waals surface area contributed by atoms with E-state index >= 15 is 0 Å². The van der Waals surface area contributed by atoms with Crippen LogP contribution in [0.15, 0.2) is 34.1 Å². The first kappa shape index (κ1) is 19.1. The molecule has 0 radical (unpaired) electrons. The average Bonchev–Trinajstić information content (AvgIpc) is 2.45. The van der Waals surface area contributed by atoms with Gasteiger partial charge >= 0.3 is 0 Å². The van der Waals surface area contributed by atoms with Crippen LogP contribution in [-0.2, 0) is 24.7 Å². The number of benzene rings is 2. The number of aromatic hydroxyl groups is 1. The number of carbonyl (C=O) groups excluding carboxylic acids is 1. The lowest BCUT2D eigenvalue weighted by Crippen LogP contribution is -2.15. The molecule has 25 heavy (non-hydrogen) atoms. The van der Waals surface area contributed by atoms with E-state index < -0.39 is 53.8 Å². The minimum Gasteiger partial charge on any atom is -0.506 e. The lowest BCUT2D eigenvalue weighted by Gasteiger charge is -2.13. The first-order chi connectivity index (χ1) is 11.5. The van der Waals surface area contributed by atoms with Gasteiger partial charge in [-0.25, -0.2) is 8.42 Å². The van der Waals surface area contributed by atoms with E-state index in [1.165, 1.54) is 25.1 Å². The van der Waals surface area contributed by atoms with Crippen LogP contribution in [0, 0.1) is 0 Å². The Labute approximate surface area is 143 Å². The topological polar surface area (TPSA) is 158 Å². The second-order valence-electron chi connectivity index (χ2n) is 5.19. The quantitative estimate of drug-likeness (QED) is 0.539. The van der Waals surface area contributed by atoms with Gasteiger partial charge in [0.05, 0.1) is 12.4 Å². The van der Waals surface area contributed by atoms with Gasteiger partial charge in [0.2, 0.25) is 5.91 Å². The molecule has 1 amide bonds. The number of amides is 1. The number of fused-ring (bicyclic) bond motifs is 1. The van der Waals surface area contributed by atoms with E-state index in [0.717, 1.165) is 6.07 Å². The van der Waals surface area contributed by atoms with Crippen molar-refractivity contribution in [3.8, 4) is 5.75 Å². The third kappa shape index (κ3) is 3.90. The highest BCUT2D eigenvalue weighted by molar-refractivity contribution is 7.93. The molecule has 0 atom stereocenters. The highest BCUT2D eigenvalue weighted by Crippen LogP contribution is 2.39. The van der Waals surface area contributed by atoms with E-state index in [2.05, 4.69) is 5.32 Å². The first-order valence-corrected chi connectivity index (χ1v) is 9.95. The first-order valence-electron chi connectivity index (χ1n) is 6.86. The number of aliphatic hydroxyl groups excluding tert-OH is 1. The number of hydrogen-bond donors (Lipinski definition) is 4. The number of aliphatic hydroxyl groups is 1. The van der Waals surface area contributed by atoms with Gasteiger partial charge in [0.15, 0.2) is 9.84 Å². The second kappa shape index (κ2) is 6.59. The molecule has 2 aromatic rings. The van der Waals surface area contributed by atoms with Gasteiger partial charge in [0, 0.05) is 18.0 Å². The van der Waals surface area contributed by atoms with Gasteiger partial charge in [0.25, 0.3) is 10.1 Å². The fraction of sp³-hybridized carbons (Fsp3) is 0.214. The Bertz CT molecular complexity index is 1060. The molecule has 0 spiro atoms. The van der Waals surface area contributed by atoms with E-state index in [4.69, 9.17) is 5.11 Å². The number of carbonyl (C=O) groups is 1. The molecule has 2 aromatic carbocycles. The van der Waals surface area contributed by atoms with E-state index in [1.54, 1.807) is 0 Å². The van der Waals surface area contributed by atoms with Crippen molar-refractivity contribution < 1.29 is 36.4 Å². The van der Waals surface area contributed by atoms with Crippen molar-refractivity contribution in [2.75, 3.05) is 17.7 Å². The molecule has 2 rings (SSSR count). The number of nitrogens with one attached hydrogen (secondary N) is 1. The van der Waals surface area contributed by atoms with Crippen LogP contribution in [0.1, 0.15) is 6.92 Å². The van der Waals surface area contributed by atoms with Crippen molar-refractivity contribution in [2.45, 2.75) is 16.7 Å². The Morgan fingerprint density at radius 2 is 1.80 bits per heavy atom. The monoisotopic (exact) mass is 389 g/mol. The Morgan fingerprint density at radius 3 is 2.32 bits per heavy atom. The molecule has 136 valence electrons. The van der Waals surface area contributed by atoms with Gasteiger partial charge in [-0.15, -0.1) is 0 Å². The number of anilines is 1. The summed E-state index contributed by atoms with van der Waals surface area (Å²) in [7, 11) is -9.38. The van der Waals surface area contributed by atoms with Gasteiger partial charge in [-0.05, 0) is 23.6 Å². The van der Waals surface area contributed by atoms with Gasteiger partial charge in [-0.3, -0.25) is 9.35 Å². The summed E-state index contributed by atoms with van der Waals surface area (Å²) in [6.45, 7) is 0.444. The molecule has 0 aliphatic heterocycles. The summed E-state index contributed by atoms with van der Waals surface area (Å²) in [4.78, 5) is 9.13. The molecular formula is C14H15NO8S2. The lowest BCUT2D eigenvalue weighted by atomic mass is 10.1. The fourth-order valence-electron chi connectivity index (χ4n) is 2.33. The summed E-state index contributed by atoms with van der Waals surface area (Å²) in [6, 6.07) is 4.92. The molecule has 0 aliphatic rings. The van der Waals surface area contributed by atoms with Crippen molar-refractivity contribution in [1.82, 2.24) is 0 Å². The zero-order valence-electron chi connectivity index (χ0n) is 12.9. The largest absolute Gasteiger partial charge is 0.506 e. The van der Waals surface area contributed by atoms with Crippen LogP contribution in [0.3, 0.4) is 0 Å². The van der Waals surface area contributed by atoms with E-state index in [1.807, 2.05) is 0 Å². The highest BCUT2D eigenvalue weighted by Gasteiger charge is 2.30. The van der Waals surface area contributed by atoms with Gasteiger partial charge in [-0.2, -0.15) is 8.42 Å². The third-order valence-electron chi connectivity index (χ3n) is 3.30. The molecule has 0 unspecified atom stereocenters. The lowest BCUT2D eigenvalue weighted by molar-refractivity contribution is -0.114. The van der Waals surface area contributed by atoms with Gasteiger partial charge in [-0.1, -0.05) is 6.07 Å². The SMILES string of the molecule is CC(=O)Nc1ccc2cc(S(=O)(=O)O)c(S(=O)(=O)CCO)c(O)c2c1. The van der Waals surface area contributed by atoms with Crippen molar-refractivity contribution in [2.24, 2.45) is 0 Å². The zero-order valence-corrected chi connectivity index (χ0v) is 14.6. The van der Waals surface area contributed by atoms with Crippen molar-refractivity contribution >= 4 is 42.3 Å². The maximum absolute atomic E-state index is 12.3. The maximum atomic E-state index is 12.3. The number of sulfone groups is 1. The summed E-state index contributed by atoms with van der Waals surface area (Å²) in [5, 5.41) is 21.8. The van der Waals surface area contributed by atoms with Crippen LogP contribution >= 0.6 is 0 Å². The van der Waals surface area contributed by atoms with Crippen LogP contribution in [0.2, 0.25) is 0 Å². The summed E-state index contributed by atoms with van der Waals surface area (Å²) in [6.07, 6.45) is 0. The Balaban J connectivity index is 2.91. The van der Waals surface area contributed by atoms with E-state index in [9.17, 15) is 31.3 Å². The third-order valence-corrected chi connectivity index (χ3v) is 6.07. The Kier molecular flexibility index (Phi) is 5.04. The Hall–Kier alpha value is -2.21. The molecule has 4 N–H and O–H groups in total. The molecular weight excluding hydrogens is 374 g/mol. The minimum atomic E-state index is -4.97. The maximum Gasteiger partial charge on any atom is 0.295 e. The molecule has 0 saturated heterocycles. The highest BCUT2D eigenvalue weighted by atomic mass is 32.2. The number of rotatable bonds is 5. The smallest absolute Gasteiger partial charge is 0.295 e. The van der Waals surface area contributed by atoms with E-state index in [-0.39, 0.29) is 16.5 Å². The van der Waals surface area contributed by atoms with Gasteiger partial charge in [0.1, 0.15) is 15.5 Å². The molecule has 0 aliphatic carbocycles. The zero-order chi connectivity index (χ0) is 19.0. The summed E-state index contributed by atoms with van der Waals surface area (Å²) in [5.74, 6) is -2.15. The second-order valence-corrected chi connectivity index (χ2v) is 8.62. The minimum absolute atomic E-state index is 0.0461.